The molecule has 0 aliphatic carbocycles. The first-order chi connectivity index (χ1) is 15.4. The third-order valence-corrected chi connectivity index (χ3v) is 7.61. The Balaban J connectivity index is 1.57. The van der Waals surface area contributed by atoms with E-state index in [0.29, 0.717) is 0 Å². The Kier molecular flexibility index (Phi) is 4.58. The van der Waals surface area contributed by atoms with Crippen LogP contribution < -0.4 is 4.90 Å². The molecule has 3 aliphatic rings. The molecule has 3 saturated heterocycles. The van der Waals surface area contributed by atoms with E-state index in [0.717, 1.165) is 22.3 Å². The zero-order valence-corrected chi connectivity index (χ0v) is 18.6. The van der Waals surface area contributed by atoms with Gasteiger partial charge in [-0.2, -0.15) is 13.2 Å². The number of amides is 2. The van der Waals surface area contributed by atoms with Crippen molar-refractivity contribution in [2.24, 2.45) is 11.8 Å². The second-order valence-electron chi connectivity index (χ2n) is 8.93. The SMILES string of the molecule is CC(=O)O[C@H]1CC2(C)O[C@@]1(C)[C@@H]1C(=O)N(c3ccc(-c4nccs4)c(C(F)(F)F)c3)C(=O)[C@@H]12. The first-order valence-electron chi connectivity index (χ1n) is 10.2. The Hall–Kier alpha value is -2.79. The minimum Gasteiger partial charge on any atom is -0.459 e. The van der Waals surface area contributed by atoms with Gasteiger partial charge in [-0.3, -0.25) is 14.4 Å². The number of aromatic nitrogens is 1. The molecule has 0 saturated carbocycles. The predicted octanol–water partition coefficient (Wildman–Crippen LogP) is 3.82. The number of hydrogen-bond donors (Lipinski definition) is 0. The van der Waals surface area contributed by atoms with Crippen molar-refractivity contribution in [2.75, 3.05) is 4.90 Å². The lowest BCUT2D eigenvalue weighted by molar-refractivity contribution is -0.159. The smallest absolute Gasteiger partial charge is 0.417 e. The molecule has 0 radical (unpaired) electrons. The lowest BCUT2D eigenvalue weighted by Crippen LogP contribution is -2.50. The molecule has 1 aromatic carbocycles. The number of hydrogen-bond acceptors (Lipinski definition) is 7. The maximum atomic E-state index is 13.9. The summed E-state index contributed by atoms with van der Waals surface area (Å²) in [6.07, 6.45) is -3.84. The molecule has 3 fully saturated rings. The number of fused-ring (bicyclic) bond motifs is 5. The Labute approximate surface area is 190 Å². The Morgan fingerprint density at radius 3 is 2.55 bits per heavy atom. The van der Waals surface area contributed by atoms with E-state index in [-0.39, 0.29) is 22.7 Å². The van der Waals surface area contributed by atoms with E-state index in [1.807, 2.05) is 0 Å². The average Bonchev–Trinajstić information content (AvgIpc) is 3.42. The minimum absolute atomic E-state index is 0.127. The van der Waals surface area contributed by atoms with E-state index in [2.05, 4.69) is 4.98 Å². The number of alkyl halides is 3. The van der Waals surface area contributed by atoms with Gasteiger partial charge in [-0.05, 0) is 32.0 Å². The van der Waals surface area contributed by atoms with Crippen LogP contribution in [-0.4, -0.2) is 40.1 Å². The van der Waals surface area contributed by atoms with Crippen LogP contribution in [0.25, 0.3) is 10.6 Å². The van der Waals surface area contributed by atoms with E-state index in [4.69, 9.17) is 9.47 Å². The molecule has 3 aliphatic heterocycles. The number of thiazole rings is 1. The van der Waals surface area contributed by atoms with Crippen molar-refractivity contribution in [3.05, 3.63) is 35.3 Å². The van der Waals surface area contributed by atoms with Gasteiger partial charge >= 0.3 is 12.1 Å². The molecule has 33 heavy (non-hydrogen) atoms. The summed E-state index contributed by atoms with van der Waals surface area (Å²) in [7, 11) is 0. The van der Waals surface area contributed by atoms with Crippen LogP contribution in [0.2, 0.25) is 0 Å². The molecule has 1 aromatic heterocycles. The highest BCUT2D eigenvalue weighted by molar-refractivity contribution is 7.13. The molecule has 0 N–H and O–H groups in total. The van der Waals surface area contributed by atoms with Crippen molar-refractivity contribution in [3.8, 4) is 10.6 Å². The standard InChI is InChI=1S/C22H19F3N2O5S/c1-10(28)31-14-9-20(2)15-16(21(14,3)32-20)19(30)27(18(15)29)11-4-5-12(17-26-6-7-33-17)13(8-11)22(23,24)25/h4-8,14-16H,9H2,1-3H3/t14-,15+,16-,20?,21+/m0/s1. The van der Waals surface area contributed by atoms with Crippen molar-refractivity contribution in [1.82, 2.24) is 4.98 Å². The van der Waals surface area contributed by atoms with Gasteiger partial charge in [0.1, 0.15) is 16.7 Å². The van der Waals surface area contributed by atoms with Gasteiger partial charge in [0.05, 0.1) is 28.7 Å². The van der Waals surface area contributed by atoms with Gasteiger partial charge in [-0.25, -0.2) is 9.88 Å². The zero-order valence-electron chi connectivity index (χ0n) is 17.8. The molecule has 2 amide bonds. The van der Waals surface area contributed by atoms with Crippen LogP contribution >= 0.6 is 11.3 Å². The molecule has 1 unspecified atom stereocenters. The highest BCUT2D eigenvalue weighted by Crippen LogP contribution is 2.62. The van der Waals surface area contributed by atoms with Crippen LogP contribution in [-0.2, 0) is 30.0 Å². The van der Waals surface area contributed by atoms with Crippen molar-refractivity contribution in [1.29, 1.82) is 0 Å². The number of halogens is 3. The lowest BCUT2D eigenvalue weighted by atomic mass is 9.67. The number of imide groups is 1. The molecular formula is C22H19F3N2O5S. The van der Waals surface area contributed by atoms with Gasteiger partial charge in [0.25, 0.3) is 0 Å². The summed E-state index contributed by atoms with van der Waals surface area (Å²) >= 11 is 1.06. The molecule has 2 aromatic rings. The van der Waals surface area contributed by atoms with Gasteiger partial charge in [-0.15, -0.1) is 11.3 Å². The molecule has 4 heterocycles. The second kappa shape index (κ2) is 6.86. The van der Waals surface area contributed by atoms with Crippen LogP contribution in [0.4, 0.5) is 18.9 Å². The maximum Gasteiger partial charge on any atom is 0.417 e. The van der Waals surface area contributed by atoms with E-state index < -0.39 is 58.7 Å². The topological polar surface area (TPSA) is 85.8 Å². The van der Waals surface area contributed by atoms with E-state index >= 15 is 0 Å². The summed E-state index contributed by atoms with van der Waals surface area (Å²) in [5.74, 6) is -3.68. The maximum absolute atomic E-state index is 13.9. The molecular weight excluding hydrogens is 461 g/mol. The predicted molar refractivity (Wildman–Crippen MR) is 110 cm³/mol. The molecule has 2 bridgehead atoms. The molecule has 7 nitrogen and oxygen atoms in total. The quantitative estimate of drug-likeness (QED) is 0.491. The molecule has 11 heteroatoms. The average molecular weight is 480 g/mol. The molecule has 174 valence electrons. The highest BCUT2D eigenvalue weighted by atomic mass is 32.1. The number of ether oxygens (including phenoxy) is 2. The van der Waals surface area contributed by atoms with Crippen LogP contribution in [0.3, 0.4) is 0 Å². The van der Waals surface area contributed by atoms with Crippen LogP contribution in [0.1, 0.15) is 32.8 Å². The number of carbonyl (C=O) groups is 3. The first-order valence-corrected chi connectivity index (χ1v) is 11.1. The van der Waals surface area contributed by atoms with Gasteiger partial charge in [-0.1, -0.05) is 0 Å². The molecule has 5 rings (SSSR count). The normalized spacial score (nSPS) is 33.0. The van der Waals surface area contributed by atoms with Crippen LogP contribution in [0.15, 0.2) is 29.8 Å². The van der Waals surface area contributed by atoms with Crippen molar-refractivity contribution < 1.29 is 37.0 Å². The number of carbonyl (C=O) groups excluding carboxylic acids is 3. The number of nitrogens with zero attached hydrogens (tertiary/aromatic N) is 2. The summed E-state index contributed by atoms with van der Waals surface area (Å²) in [4.78, 5) is 43.1. The first kappa shape index (κ1) is 22.0. The van der Waals surface area contributed by atoms with Gasteiger partial charge < -0.3 is 9.47 Å². The number of rotatable bonds is 3. The van der Waals surface area contributed by atoms with Crippen molar-refractivity contribution >= 4 is 34.8 Å². The van der Waals surface area contributed by atoms with Crippen LogP contribution in [0, 0.1) is 11.8 Å². The van der Waals surface area contributed by atoms with Crippen molar-refractivity contribution in [3.63, 3.8) is 0 Å². The fourth-order valence-electron chi connectivity index (χ4n) is 5.56. The Bertz CT molecular complexity index is 1180. The number of benzene rings is 1. The lowest BCUT2D eigenvalue weighted by Gasteiger charge is -2.34. The summed E-state index contributed by atoms with van der Waals surface area (Å²) in [5, 5.41) is 1.75. The fraction of sp³-hybridized carbons (Fsp3) is 0.455. The highest BCUT2D eigenvalue weighted by Gasteiger charge is 2.76. The monoisotopic (exact) mass is 480 g/mol. The molecule has 5 atom stereocenters. The summed E-state index contributed by atoms with van der Waals surface area (Å²) in [5.41, 5.74) is -3.60. The second-order valence-corrected chi connectivity index (χ2v) is 9.83. The van der Waals surface area contributed by atoms with E-state index in [1.165, 1.54) is 25.3 Å². The Morgan fingerprint density at radius 1 is 1.24 bits per heavy atom. The van der Waals surface area contributed by atoms with Crippen LogP contribution in [0.5, 0.6) is 0 Å². The van der Waals surface area contributed by atoms with E-state index in [9.17, 15) is 27.6 Å². The minimum atomic E-state index is -4.72. The van der Waals surface area contributed by atoms with Gasteiger partial charge in [0, 0.05) is 30.5 Å². The Morgan fingerprint density at radius 2 is 1.94 bits per heavy atom. The summed E-state index contributed by atoms with van der Waals surface area (Å²) in [6.45, 7) is 4.52. The third-order valence-electron chi connectivity index (χ3n) is 6.80. The van der Waals surface area contributed by atoms with Gasteiger partial charge in [0.15, 0.2) is 0 Å². The number of anilines is 1. The molecule has 0 spiro atoms. The largest absolute Gasteiger partial charge is 0.459 e. The van der Waals surface area contributed by atoms with Crippen molar-refractivity contribution in [2.45, 2.75) is 50.7 Å². The third kappa shape index (κ3) is 3.05. The summed E-state index contributed by atoms with van der Waals surface area (Å²) in [6, 6.07) is 3.35. The van der Waals surface area contributed by atoms with E-state index in [1.54, 1.807) is 19.2 Å². The zero-order chi connectivity index (χ0) is 23.9. The summed E-state index contributed by atoms with van der Waals surface area (Å²) < 4.78 is 53.1. The fourth-order valence-corrected chi connectivity index (χ4v) is 6.24. The number of esters is 1. The van der Waals surface area contributed by atoms with Gasteiger partial charge in [0.2, 0.25) is 11.8 Å².